The molecule has 0 saturated carbocycles. The maximum atomic E-state index is 12.8. The fourth-order valence-corrected chi connectivity index (χ4v) is 3.41. The summed E-state index contributed by atoms with van der Waals surface area (Å²) in [5.41, 5.74) is 0.836. The molecule has 136 valence electrons. The van der Waals surface area contributed by atoms with Crippen molar-refractivity contribution in [3.05, 3.63) is 64.1 Å². The first kappa shape index (κ1) is 18.5. The molecule has 3 amide bonds. The minimum Gasteiger partial charge on any atom is -0.494 e. The zero-order valence-corrected chi connectivity index (χ0v) is 16.4. The molecule has 1 aliphatic rings. The number of halogens is 1. The zero-order valence-electron chi connectivity index (χ0n) is 14.8. The van der Waals surface area contributed by atoms with Gasteiger partial charge >= 0.3 is 6.03 Å². The number of amides is 3. The van der Waals surface area contributed by atoms with Crippen LogP contribution in [0.2, 0.25) is 0 Å². The smallest absolute Gasteiger partial charge is 0.325 e. The van der Waals surface area contributed by atoms with Gasteiger partial charge in [-0.2, -0.15) is 0 Å². The Morgan fingerprint density at radius 2 is 1.92 bits per heavy atom. The molecule has 0 aromatic heterocycles. The first-order valence-electron chi connectivity index (χ1n) is 8.50. The second kappa shape index (κ2) is 7.50. The minimum atomic E-state index is -1.04. The Hall–Kier alpha value is -2.34. The molecule has 6 heteroatoms. The summed E-state index contributed by atoms with van der Waals surface area (Å²) in [6, 6.07) is 14.8. The number of nitrogens with one attached hydrogen (secondary N) is 1. The van der Waals surface area contributed by atoms with E-state index < -0.39 is 5.54 Å². The number of rotatable bonds is 6. The van der Waals surface area contributed by atoms with Crippen LogP contribution in [0.15, 0.2) is 53.0 Å². The summed E-state index contributed by atoms with van der Waals surface area (Å²) >= 11 is 3.41. The van der Waals surface area contributed by atoms with Gasteiger partial charge in [0.1, 0.15) is 11.3 Å². The van der Waals surface area contributed by atoms with Crippen molar-refractivity contribution in [2.24, 2.45) is 0 Å². The number of hydrogen-bond donors (Lipinski definition) is 1. The van der Waals surface area contributed by atoms with Crippen molar-refractivity contribution in [1.82, 2.24) is 10.2 Å². The molecule has 5 nitrogen and oxygen atoms in total. The van der Waals surface area contributed by atoms with E-state index in [1.165, 1.54) is 4.90 Å². The number of hydrogen-bond acceptors (Lipinski definition) is 3. The van der Waals surface area contributed by atoms with Gasteiger partial charge in [-0.15, -0.1) is 0 Å². The van der Waals surface area contributed by atoms with Crippen molar-refractivity contribution in [2.75, 3.05) is 13.2 Å². The van der Waals surface area contributed by atoms with Crippen LogP contribution in [0.4, 0.5) is 4.79 Å². The second-order valence-corrected chi connectivity index (χ2v) is 7.46. The minimum absolute atomic E-state index is 0.240. The predicted octanol–water partition coefficient (Wildman–Crippen LogP) is 3.99. The highest BCUT2D eigenvalue weighted by Gasteiger charge is 2.48. The monoisotopic (exact) mass is 416 g/mol. The van der Waals surface area contributed by atoms with Crippen LogP contribution in [0.1, 0.15) is 24.5 Å². The molecule has 0 spiro atoms. The number of aryl methyl sites for hydroxylation is 1. The summed E-state index contributed by atoms with van der Waals surface area (Å²) in [5, 5.41) is 2.82. The van der Waals surface area contributed by atoms with Gasteiger partial charge in [0, 0.05) is 11.0 Å². The summed E-state index contributed by atoms with van der Waals surface area (Å²) in [7, 11) is 0. The molecule has 1 atom stereocenters. The lowest BCUT2D eigenvalue weighted by Crippen LogP contribution is -2.41. The standard InChI is InChI=1S/C20H21BrN2O3/c1-14-6-3-9-17(12-14)26-11-5-10-23-18(24)20(2,22-19(23)25)15-7-4-8-16(21)13-15/h3-4,6-9,12-13H,5,10-11H2,1-2H3,(H,22,25)/t20-/m1/s1. The number of carbonyl (C=O) groups excluding carboxylic acids is 2. The maximum absolute atomic E-state index is 12.8. The molecule has 1 aliphatic heterocycles. The zero-order chi connectivity index (χ0) is 18.7. The third-order valence-corrected chi connectivity index (χ3v) is 4.95. The average molecular weight is 417 g/mol. The second-order valence-electron chi connectivity index (χ2n) is 6.54. The molecular formula is C20H21BrN2O3. The quantitative estimate of drug-likeness (QED) is 0.571. The summed E-state index contributed by atoms with van der Waals surface area (Å²) in [5.74, 6) is 0.553. The van der Waals surface area contributed by atoms with Crippen molar-refractivity contribution >= 4 is 27.9 Å². The molecule has 2 aromatic rings. The van der Waals surface area contributed by atoms with Gasteiger partial charge in [-0.05, 0) is 55.7 Å². The van der Waals surface area contributed by atoms with E-state index in [9.17, 15) is 9.59 Å². The number of carbonyl (C=O) groups is 2. The summed E-state index contributed by atoms with van der Waals surface area (Å²) < 4.78 is 6.56. The van der Waals surface area contributed by atoms with Crippen LogP contribution in [0, 0.1) is 6.92 Å². The van der Waals surface area contributed by atoms with E-state index in [1.807, 2.05) is 55.5 Å². The topological polar surface area (TPSA) is 58.6 Å². The molecule has 0 bridgehead atoms. The summed E-state index contributed by atoms with van der Waals surface area (Å²) in [6.07, 6.45) is 0.571. The SMILES string of the molecule is Cc1cccc(OCCCN2C(=O)N[C@](C)(c3cccc(Br)c3)C2=O)c1. The van der Waals surface area contributed by atoms with Crippen molar-refractivity contribution in [2.45, 2.75) is 25.8 Å². The number of ether oxygens (including phenoxy) is 1. The van der Waals surface area contributed by atoms with E-state index in [1.54, 1.807) is 6.92 Å². The Bertz CT molecular complexity index is 839. The highest BCUT2D eigenvalue weighted by Crippen LogP contribution is 2.30. The van der Waals surface area contributed by atoms with Crippen molar-refractivity contribution in [3.63, 3.8) is 0 Å². The number of urea groups is 1. The molecule has 1 N–H and O–H groups in total. The molecule has 1 fully saturated rings. The Kier molecular flexibility index (Phi) is 5.32. The first-order valence-corrected chi connectivity index (χ1v) is 9.29. The molecule has 2 aromatic carbocycles. The normalized spacial score (nSPS) is 19.6. The fourth-order valence-electron chi connectivity index (χ4n) is 3.01. The number of nitrogens with zero attached hydrogens (tertiary/aromatic N) is 1. The lowest BCUT2D eigenvalue weighted by atomic mass is 9.92. The van der Waals surface area contributed by atoms with E-state index in [-0.39, 0.29) is 11.9 Å². The lowest BCUT2D eigenvalue weighted by molar-refractivity contribution is -0.131. The van der Waals surface area contributed by atoms with E-state index in [0.29, 0.717) is 19.6 Å². The highest BCUT2D eigenvalue weighted by molar-refractivity contribution is 9.10. The average Bonchev–Trinajstić information content (AvgIpc) is 2.82. The van der Waals surface area contributed by atoms with Crippen molar-refractivity contribution in [1.29, 1.82) is 0 Å². The Morgan fingerprint density at radius 1 is 1.15 bits per heavy atom. The van der Waals surface area contributed by atoms with Crippen LogP contribution >= 0.6 is 15.9 Å². The highest BCUT2D eigenvalue weighted by atomic mass is 79.9. The molecule has 0 unspecified atom stereocenters. The molecule has 26 heavy (non-hydrogen) atoms. The van der Waals surface area contributed by atoms with Crippen LogP contribution in [0.5, 0.6) is 5.75 Å². The Labute approximate surface area is 161 Å². The van der Waals surface area contributed by atoms with Crippen LogP contribution in [0.3, 0.4) is 0 Å². The van der Waals surface area contributed by atoms with E-state index in [2.05, 4.69) is 21.2 Å². The predicted molar refractivity (Wildman–Crippen MR) is 103 cm³/mol. The van der Waals surface area contributed by atoms with Gasteiger partial charge < -0.3 is 10.1 Å². The fraction of sp³-hybridized carbons (Fsp3) is 0.300. The van der Waals surface area contributed by atoms with Gasteiger partial charge in [0.25, 0.3) is 5.91 Å². The molecule has 1 heterocycles. The molecule has 0 radical (unpaired) electrons. The van der Waals surface area contributed by atoms with Gasteiger partial charge in [0.05, 0.1) is 6.61 Å². The lowest BCUT2D eigenvalue weighted by Gasteiger charge is -2.22. The van der Waals surface area contributed by atoms with Crippen LogP contribution in [0.25, 0.3) is 0 Å². The summed E-state index contributed by atoms with van der Waals surface area (Å²) in [4.78, 5) is 26.4. The van der Waals surface area contributed by atoms with E-state index >= 15 is 0 Å². The number of benzene rings is 2. The van der Waals surface area contributed by atoms with Gasteiger partial charge in [0.15, 0.2) is 0 Å². The maximum Gasteiger partial charge on any atom is 0.325 e. The molecule has 1 saturated heterocycles. The Balaban J connectivity index is 1.60. The van der Waals surface area contributed by atoms with Crippen LogP contribution < -0.4 is 10.1 Å². The van der Waals surface area contributed by atoms with Crippen molar-refractivity contribution < 1.29 is 14.3 Å². The van der Waals surface area contributed by atoms with Gasteiger partial charge in [-0.3, -0.25) is 9.69 Å². The van der Waals surface area contributed by atoms with Crippen LogP contribution in [-0.2, 0) is 10.3 Å². The van der Waals surface area contributed by atoms with Crippen LogP contribution in [-0.4, -0.2) is 30.0 Å². The van der Waals surface area contributed by atoms with E-state index in [4.69, 9.17) is 4.74 Å². The molecule has 3 rings (SSSR count). The third-order valence-electron chi connectivity index (χ3n) is 4.46. The largest absolute Gasteiger partial charge is 0.494 e. The first-order chi connectivity index (χ1) is 12.4. The number of imide groups is 1. The third kappa shape index (κ3) is 3.75. The van der Waals surface area contributed by atoms with Crippen molar-refractivity contribution in [3.8, 4) is 5.75 Å². The van der Waals surface area contributed by atoms with Gasteiger partial charge in [-0.25, -0.2) is 4.79 Å². The van der Waals surface area contributed by atoms with Gasteiger partial charge in [-0.1, -0.05) is 40.2 Å². The summed E-state index contributed by atoms with van der Waals surface area (Å²) in [6.45, 7) is 4.50. The van der Waals surface area contributed by atoms with E-state index in [0.717, 1.165) is 21.3 Å². The van der Waals surface area contributed by atoms with Gasteiger partial charge in [0.2, 0.25) is 0 Å². The molecular weight excluding hydrogens is 396 g/mol. The molecule has 0 aliphatic carbocycles. The Morgan fingerprint density at radius 3 is 2.65 bits per heavy atom.